The van der Waals surface area contributed by atoms with Crippen molar-refractivity contribution < 1.29 is 23.4 Å². The summed E-state index contributed by atoms with van der Waals surface area (Å²) < 4.78 is 29.3. The van der Waals surface area contributed by atoms with E-state index in [0.29, 0.717) is 21.8 Å². The summed E-state index contributed by atoms with van der Waals surface area (Å²) in [4.78, 5) is 14.4. The number of carboxylic acid groups (broad SMARTS) is 1. The summed E-state index contributed by atoms with van der Waals surface area (Å²) in [5, 5.41) is 10.4. The second-order valence-electron chi connectivity index (χ2n) is 5.74. The molecule has 26 heavy (non-hydrogen) atoms. The van der Waals surface area contributed by atoms with Gasteiger partial charge in [-0.3, -0.25) is 0 Å². The fraction of sp³-hybridized carbons (Fsp3) is 0.167. The lowest BCUT2D eigenvalue weighted by Gasteiger charge is -2.08. The molecule has 0 fully saturated rings. The van der Waals surface area contributed by atoms with Gasteiger partial charge in [0.25, 0.3) is 0 Å². The number of nitrogens with one attached hydrogen (secondary N) is 1. The first-order chi connectivity index (χ1) is 12.3. The molecule has 0 aliphatic heterocycles. The SMILES string of the molecule is Cc1cc(OC(F)F)cc2[nH]c(Cc3c(Cl)ccc(C(=O)O)c3Cl)cc12. The van der Waals surface area contributed by atoms with Gasteiger partial charge in [-0.25, -0.2) is 4.79 Å². The number of hydrogen-bond donors (Lipinski definition) is 2. The molecule has 2 N–H and O–H groups in total. The van der Waals surface area contributed by atoms with Gasteiger partial charge in [0.1, 0.15) is 5.75 Å². The quantitative estimate of drug-likeness (QED) is 0.580. The molecule has 0 aliphatic carbocycles. The maximum absolute atomic E-state index is 12.4. The molecule has 8 heteroatoms. The molecule has 0 spiro atoms. The molecule has 1 aromatic heterocycles. The first kappa shape index (κ1) is 18.5. The number of carboxylic acids is 1. The summed E-state index contributed by atoms with van der Waals surface area (Å²) in [7, 11) is 0. The van der Waals surface area contributed by atoms with Gasteiger partial charge < -0.3 is 14.8 Å². The Bertz CT molecular complexity index is 1000. The van der Waals surface area contributed by atoms with Gasteiger partial charge in [-0.1, -0.05) is 23.2 Å². The third-order valence-corrected chi connectivity index (χ3v) is 4.77. The average molecular weight is 400 g/mol. The summed E-state index contributed by atoms with van der Waals surface area (Å²) in [6.45, 7) is -1.12. The Morgan fingerprint density at radius 1 is 1.27 bits per heavy atom. The normalized spacial score (nSPS) is 11.3. The Labute approximate surface area is 157 Å². The van der Waals surface area contributed by atoms with E-state index in [0.717, 1.165) is 10.9 Å². The van der Waals surface area contributed by atoms with E-state index in [1.54, 1.807) is 6.92 Å². The molecule has 0 saturated carbocycles. The van der Waals surface area contributed by atoms with Crippen LogP contribution >= 0.6 is 23.2 Å². The Kier molecular flexibility index (Phi) is 5.07. The van der Waals surface area contributed by atoms with Crippen molar-refractivity contribution in [2.24, 2.45) is 0 Å². The predicted molar refractivity (Wildman–Crippen MR) is 95.9 cm³/mol. The highest BCUT2D eigenvalue weighted by molar-refractivity contribution is 6.38. The third-order valence-electron chi connectivity index (χ3n) is 3.98. The molecule has 3 rings (SSSR count). The van der Waals surface area contributed by atoms with Crippen molar-refractivity contribution in [2.45, 2.75) is 20.0 Å². The maximum Gasteiger partial charge on any atom is 0.387 e. The topological polar surface area (TPSA) is 62.3 Å². The highest BCUT2D eigenvalue weighted by Crippen LogP contribution is 2.32. The van der Waals surface area contributed by atoms with Gasteiger partial charge in [-0.2, -0.15) is 8.78 Å². The summed E-state index contributed by atoms with van der Waals surface area (Å²) in [5.41, 5.74) is 2.53. The van der Waals surface area contributed by atoms with E-state index < -0.39 is 12.6 Å². The van der Waals surface area contributed by atoms with Crippen LogP contribution in [0.4, 0.5) is 8.78 Å². The number of hydrogen-bond acceptors (Lipinski definition) is 2. The predicted octanol–water partition coefficient (Wildman–Crippen LogP) is 5.67. The summed E-state index contributed by atoms with van der Waals surface area (Å²) >= 11 is 12.4. The molecule has 0 atom stereocenters. The highest BCUT2D eigenvalue weighted by Gasteiger charge is 2.17. The first-order valence-electron chi connectivity index (χ1n) is 7.53. The molecular weight excluding hydrogens is 387 g/mol. The van der Waals surface area contributed by atoms with E-state index >= 15 is 0 Å². The van der Waals surface area contributed by atoms with Crippen molar-refractivity contribution in [2.75, 3.05) is 0 Å². The van der Waals surface area contributed by atoms with Crippen LogP contribution in [-0.2, 0) is 6.42 Å². The second-order valence-corrected chi connectivity index (χ2v) is 6.53. The van der Waals surface area contributed by atoms with E-state index in [9.17, 15) is 18.7 Å². The molecule has 0 amide bonds. The van der Waals surface area contributed by atoms with Crippen LogP contribution in [0.15, 0.2) is 30.3 Å². The van der Waals surface area contributed by atoms with Crippen LogP contribution in [0, 0.1) is 6.92 Å². The largest absolute Gasteiger partial charge is 0.478 e. The number of aryl methyl sites for hydroxylation is 1. The van der Waals surface area contributed by atoms with Crippen LogP contribution in [0.1, 0.15) is 27.2 Å². The van der Waals surface area contributed by atoms with Crippen LogP contribution in [-0.4, -0.2) is 22.7 Å². The van der Waals surface area contributed by atoms with Gasteiger partial charge in [0.05, 0.1) is 10.6 Å². The molecule has 2 aromatic carbocycles. The van der Waals surface area contributed by atoms with Gasteiger partial charge in [0.15, 0.2) is 0 Å². The third kappa shape index (κ3) is 3.61. The smallest absolute Gasteiger partial charge is 0.387 e. The highest BCUT2D eigenvalue weighted by atomic mass is 35.5. The first-order valence-corrected chi connectivity index (χ1v) is 8.29. The Hall–Kier alpha value is -2.31. The number of alkyl halides is 2. The van der Waals surface area contributed by atoms with E-state index in [4.69, 9.17) is 23.2 Å². The zero-order valence-electron chi connectivity index (χ0n) is 13.4. The minimum Gasteiger partial charge on any atom is -0.478 e. The van der Waals surface area contributed by atoms with Crippen LogP contribution in [0.2, 0.25) is 10.0 Å². The molecule has 0 aliphatic rings. The van der Waals surface area contributed by atoms with Gasteiger partial charge in [0, 0.05) is 34.1 Å². The number of carbonyl (C=O) groups is 1. The fourth-order valence-corrected chi connectivity index (χ4v) is 3.41. The van der Waals surface area contributed by atoms with Crippen molar-refractivity contribution in [3.8, 4) is 5.75 Å². The molecule has 0 unspecified atom stereocenters. The number of ether oxygens (including phenoxy) is 1. The van der Waals surface area contributed by atoms with Gasteiger partial charge >= 0.3 is 12.6 Å². The minimum absolute atomic E-state index is 0.0361. The zero-order valence-corrected chi connectivity index (χ0v) is 15.0. The van der Waals surface area contributed by atoms with E-state index in [1.165, 1.54) is 24.3 Å². The second kappa shape index (κ2) is 7.13. The average Bonchev–Trinajstić information content (AvgIpc) is 2.93. The molecule has 0 radical (unpaired) electrons. The number of H-pyrrole nitrogens is 1. The van der Waals surface area contributed by atoms with Crippen LogP contribution in [0.3, 0.4) is 0 Å². The Balaban J connectivity index is 2.01. The van der Waals surface area contributed by atoms with Gasteiger partial charge in [0.2, 0.25) is 0 Å². The monoisotopic (exact) mass is 399 g/mol. The number of aromatic amines is 1. The zero-order chi connectivity index (χ0) is 19.0. The van der Waals surface area contributed by atoms with Crippen LogP contribution < -0.4 is 4.74 Å². The number of aromatic carboxylic acids is 1. The molecule has 3 aromatic rings. The van der Waals surface area contributed by atoms with Crippen molar-refractivity contribution >= 4 is 40.1 Å². The molecule has 0 saturated heterocycles. The fourth-order valence-electron chi connectivity index (χ4n) is 2.82. The molecule has 136 valence electrons. The summed E-state index contributed by atoms with van der Waals surface area (Å²) in [5.74, 6) is -1.09. The minimum atomic E-state index is -2.90. The summed E-state index contributed by atoms with van der Waals surface area (Å²) in [6, 6.07) is 7.68. The number of fused-ring (bicyclic) bond motifs is 1. The van der Waals surface area contributed by atoms with Crippen LogP contribution in [0.25, 0.3) is 10.9 Å². The van der Waals surface area contributed by atoms with Crippen molar-refractivity contribution in [1.82, 2.24) is 4.98 Å². The molecule has 1 heterocycles. The lowest BCUT2D eigenvalue weighted by Crippen LogP contribution is -2.02. The van der Waals surface area contributed by atoms with Crippen molar-refractivity contribution in [3.63, 3.8) is 0 Å². The van der Waals surface area contributed by atoms with Gasteiger partial charge in [-0.05, 0) is 42.3 Å². The van der Waals surface area contributed by atoms with Crippen molar-refractivity contribution in [1.29, 1.82) is 0 Å². The standard InChI is InChI=1S/C18H13Cl2F2NO3/c1-8-4-10(26-18(21)22)7-15-12(8)5-9(23-15)6-13-14(19)3-2-11(16(13)20)17(24)25/h2-5,7,18,23H,6H2,1H3,(H,24,25). The lowest BCUT2D eigenvalue weighted by atomic mass is 10.1. The van der Waals surface area contributed by atoms with Gasteiger partial charge in [-0.15, -0.1) is 0 Å². The van der Waals surface area contributed by atoms with E-state index in [-0.39, 0.29) is 22.8 Å². The lowest BCUT2D eigenvalue weighted by molar-refractivity contribution is -0.0497. The number of rotatable bonds is 5. The van der Waals surface area contributed by atoms with Crippen LogP contribution in [0.5, 0.6) is 5.75 Å². The van der Waals surface area contributed by atoms with Crippen molar-refractivity contribution in [3.05, 3.63) is 62.8 Å². The number of halogens is 4. The van der Waals surface area contributed by atoms with E-state index in [1.807, 2.05) is 6.07 Å². The Morgan fingerprint density at radius 2 is 2.00 bits per heavy atom. The molecule has 0 bridgehead atoms. The molecular formula is C18H13Cl2F2NO3. The molecule has 4 nitrogen and oxygen atoms in total. The maximum atomic E-state index is 12.4. The number of benzene rings is 2. The van der Waals surface area contributed by atoms with E-state index in [2.05, 4.69) is 9.72 Å². The summed E-state index contributed by atoms with van der Waals surface area (Å²) in [6.07, 6.45) is 0.262. The number of aromatic nitrogens is 1. The Morgan fingerprint density at radius 3 is 2.65 bits per heavy atom.